The number of halogens is 1. The molecule has 0 radical (unpaired) electrons. The normalized spacial score (nSPS) is 18.7. The van der Waals surface area contributed by atoms with Crippen LogP contribution in [0.4, 0.5) is 14.9 Å². The van der Waals surface area contributed by atoms with Gasteiger partial charge in [-0.15, -0.1) is 0 Å². The lowest BCUT2D eigenvalue weighted by Gasteiger charge is -2.33. The van der Waals surface area contributed by atoms with Gasteiger partial charge in [0, 0.05) is 30.3 Å². The van der Waals surface area contributed by atoms with E-state index in [1.807, 2.05) is 39.0 Å². The largest absolute Gasteiger partial charge is 0.466 e. The predicted molar refractivity (Wildman–Crippen MR) is 117 cm³/mol. The molecule has 0 saturated carbocycles. The van der Waals surface area contributed by atoms with Crippen LogP contribution in [0.25, 0.3) is 0 Å². The summed E-state index contributed by atoms with van der Waals surface area (Å²) >= 11 is 0. The molecule has 0 spiro atoms. The third-order valence-electron chi connectivity index (χ3n) is 5.65. The molecule has 1 atom stereocenters. The number of rotatable bonds is 2. The van der Waals surface area contributed by atoms with E-state index in [4.69, 9.17) is 19.7 Å². The van der Waals surface area contributed by atoms with Crippen molar-refractivity contribution in [2.24, 2.45) is 0 Å². The van der Waals surface area contributed by atoms with E-state index in [9.17, 15) is 9.18 Å². The second kappa shape index (κ2) is 8.65. The number of anilines is 1. The minimum Gasteiger partial charge on any atom is -0.466 e. The highest BCUT2D eigenvalue weighted by molar-refractivity contribution is 5.68. The summed E-state index contributed by atoms with van der Waals surface area (Å²) in [6.07, 6.45) is 0.749. The second-order valence-corrected chi connectivity index (χ2v) is 9.17. The van der Waals surface area contributed by atoms with Gasteiger partial charge in [0.15, 0.2) is 0 Å². The molecule has 1 amide bonds. The molecule has 1 saturated heterocycles. The summed E-state index contributed by atoms with van der Waals surface area (Å²) in [6, 6.07) is 10.2. The standard InChI is InChI=1S/C24H27FN4O3/c1-24(2,3)32-23(30)29-10-8-16(9-11-29)19-6-7-20-22(28-19)31-21(14-27-20)17-5-4-15(13-26)12-18(17)25/h4-7,12,16,21,27H,8-11,14H2,1-3H3. The molecule has 1 fully saturated rings. The van der Waals surface area contributed by atoms with E-state index in [0.29, 0.717) is 31.1 Å². The van der Waals surface area contributed by atoms with E-state index in [1.165, 1.54) is 6.07 Å². The number of nitriles is 1. The van der Waals surface area contributed by atoms with Crippen molar-refractivity contribution in [3.8, 4) is 11.9 Å². The number of piperidine rings is 1. The molecular formula is C24H27FN4O3. The SMILES string of the molecule is CC(C)(C)OC(=O)N1CCC(c2ccc3c(n2)OC(c2ccc(C#N)cc2F)CN3)CC1. The number of likely N-dealkylation sites (tertiary alicyclic amines) is 1. The van der Waals surface area contributed by atoms with Crippen LogP contribution in [-0.4, -0.2) is 41.2 Å². The van der Waals surface area contributed by atoms with Gasteiger partial charge in [-0.2, -0.15) is 5.26 Å². The lowest BCUT2D eigenvalue weighted by atomic mass is 9.93. The van der Waals surface area contributed by atoms with E-state index in [1.54, 1.807) is 17.0 Å². The summed E-state index contributed by atoms with van der Waals surface area (Å²) in [5, 5.41) is 12.2. The topological polar surface area (TPSA) is 87.5 Å². The smallest absolute Gasteiger partial charge is 0.410 e. The molecule has 168 valence electrons. The molecule has 0 aliphatic carbocycles. The van der Waals surface area contributed by atoms with Crippen LogP contribution in [0, 0.1) is 17.1 Å². The number of ether oxygens (including phenoxy) is 2. The van der Waals surface area contributed by atoms with Crippen LogP contribution in [0.15, 0.2) is 30.3 Å². The van der Waals surface area contributed by atoms with Gasteiger partial charge in [0.1, 0.15) is 17.5 Å². The minimum atomic E-state index is -0.535. The van der Waals surface area contributed by atoms with Crippen molar-refractivity contribution in [3.05, 3.63) is 53.0 Å². The highest BCUT2D eigenvalue weighted by Gasteiger charge is 2.30. The summed E-state index contributed by atoms with van der Waals surface area (Å²) in [4.78, 5) is 18.7. The maximum absolute atomic E-state index is 14.5. The quantitative estimate of drug-likeness (QED) is 0.728. The van der Waals surface area contributed by atoms with E-state index < -0.39 is 17.5 Å². The summed E-state index contributed by atoms with van der Waals surface area (Å²) in [6.45, 7) is 7.21. The molecule has 4 rings (SSSR count). The fourth-order valence-electron chi connectivity index (χ4n) is 4.00. The number of pyridine rings is 1. The van der Waals surface area contributed by atoms with Gasteiger partial charge < -0.3 is 19.7 Å². The second-order valence-electron chi connectivity index (χ2n) is 9.17. The number of carbonyl (C=O) groups excluding carboxylic acids is 1. The molecule has 0 bridgehead atoms. The predicted octanol–water partition coefficient (Wildman–Crippen LogP) is 4.75. The number of aromatic nitrogens is 1. The Morgan fingerprint density at radius 3 is 2.69 bits per heavy atom. The Morgan fingerprint density at radius 1 is 1.28 bits per heavy atom. The molecule has 2 aromatic rings. The molecule has 1 unspecified atom stereocenters. The van der Waals surface area contributed by atoms with Crippen LogP contribution in [-0.2, 0) is 4.74 Å². The van der Waals surface area contributed by atoms with Crippen LogP contribution < -0.4 is 10.1 Å². The Morgan fingerprint density at radius 2 is 2.03 bits per heavy atom. The first kappa shape index (κ1) is 21.9. The molecule has 2 aliphatic rings. The third-order valence-corrected chi connectivity index (χ3v) is 5.65. The Hall–Kier alpha value is -3.34. The highest BCUT2D eigenvalue weighted by atomic mass is 19.1. The monoisotopic (exact) mass is 438 g/mol. The first-order valence-electron chi connectivity index (χ1n) is 10.8. The Kier molecular flexibility index (Phi) is 5.92. The molecule has 3 heterocycles. The number of carbonyl (C=O) groups is 1. The number of benzene rings is 1. The van der Waals surface area contributed by atoms with E-state index in [-0.39, 0.29) is 17.6 Å². The molecule has 1 aromatic carbocycles. The van der Waals surface area contributed by atoms with Gasteiger partial charge >= 0.3 is 6.09 Å². The zero-order valence-corrected chi connectivity index (χ0v) is 18.5. The summed E-state index contributed by atoms with van der Waals surface area (Å²) in [5.74, 6) is 0.177. The minimum absolute atomic E-state index is 0.203. The maximum atomic E-state index is 14.5. The van der Waals surface area contributed by atoms with Crippen LogP contribution in [0.3, 0.4) is 0 Å². The van der Waals surface area contributed by atoms with Crippen molar-refractivity contribution in [1.82, 2.24) is 9.88 Å². The van der Waals surface area contributed by atoms with Crippen molar-refractivity contribution in [2.75, 3.05) is 25.0 Å². The maximum Gasteiger partial charge on any atom is 0.410 e. The Labute approximate surface area is 187 Å². The fraction of sp³-hybridized carbons (Fsp3) is 0.458. The van der Waals surface area contributed by atoms with Gasteiger partial charge in [-0.05, 0) is 57.9 Å². The first-order chi connectivity index (χ1) is 15.2. The summed E-state index contributed by atoms with van der Waals surface area (Å²) in [7, 11) is 0. The van der Waals surface area contributed by atoms with E-state index >= 15 is 0 Å². The highest BCUT2D eigenvalue weighted by Crippen LogP contribution is 2.36. The summed E-state index contributed by atoms with van der Waals surface area (Å²) < 4.78 is 26.0. The number of nitrogens with zero attached hydrogens (tertiary/aromatic N) is 3. The van der Waals surface area contributed by atoms with Gasteiger partial charge in [0.25, 0.3) is 0 Å². The number of nitrogens with one attached hydrogen (secondary N) is 1. The van der Waals surface area contributed by atoms with Crippen molar-refractivity contribution < 1.29 is 18.7 Å². The zero-order chi connectivity index (χ0) is 22.9. The lowest BCUT2D eigenvalue weighted by Crippen LogP contribution is -2.41. The Bertz CT molecular complexity index is 1050. The van der Waals surface area contributed by atoms with Gasteiger partial charge in [-0.1, -0.05) is 6.07 Å². The third kappa shape index (κ3) is 4.77. The van der Waals surface area contributed by atoms with Gasteiger partial charge in [-0.3, -0.25) is 0 Å². The molecule has 2 aliphatic heterocycles. The Balaban J connectivity index is 1.43. The molecule has 32 heavy (non-hydrogen) atoms. The first-order valence-corrected chi connectivity index (χ1v) is 10.8. The zero-order valence-electron chi connectivity index (χ0n) is 18.5. The molecule has 1 N–H and O–H groups in total. The van der Waals surface area contributed by atoms with Crippen molar-refractivity contribution >= 4 is 11.8 Å². The van der Waals surface area contributed by atoms with Crippen molar-refractivity contribution in [3.63, 3.8) is 0 Å². The number of amides is 1. The number of hydrogen-bond acceptors (Lipinski definition) is 6. The van der Waals surface area contributed by atoms with Crippen LogP contribution in [0.5, 0.6) is 5.88 Å². The van der Waals surface area contributed by atoms with Crippen molar-refractivity contribution in [1.29, 1.82) is 5.26 Å². The molecular weight excluding hydrogens is 411 g/mol. The average Bonchev–Trinajstić information content (AvgIpc) is 2.77. The van der Waals surface area contributed by atoms with E-state index in [2.05, 4.69) is 5.32 Å². The van der Waals surface area contributed by atoms with Crippen LogP contribution in [0.2, 0.25) is 0 Å². The fourth-order valence-corrected chi connectivity index (χ4v) is 4.00. The lowest BCUT2D eigenvalue weighted by molar-refractivity contribution is 0.0203. The van der Waals surface area contributed by atoms with Gasteiger partial charge in [-0.25, -0.2) is 14.2 Å². The van der Waals surface area contributed by atoms with Gasteiger partial charge in [0.05, 0.1) is 23.9 Å². The van der Waals surface area contributed by atoms with E-state index in [0.717, 1.165) is 24.2 Å². The summed E-state index contributed by atoms with van der Waals surface area (Å²) in [5.41, 5.74) is 1.82. The number of fused-ring (bicyclic) bond motifs is 1. The van der Waals surface area contributed by atoms with Crippen LogP contribution >= 0.6 is 0 Å². The molecule has 8 heteroatoms. The van der Waals surface area contributed by atoms with Crippen molar-refractivity contribution in [2.45, 2.75) is 51.2 Å². The molecule has 7 nitrogen and oxygen atoms in total. The molecule has 1 aromatic heterocycles. The van der Waals surface area contributed by atoms with Crippen LogP contribution in [0.1, 0.15) is 62.5 Å². The van der Waals surface area contributed by atoms with Gasteiger partial charge in [0.2, 0.25) is 5.88 Å². The average molecular weight is 439 g/mol. The number of hydrogen-bond donors (Lipinski definition) is 1.